The molecule has 1 aromatic carbocycles. The molecular formula is C16H23ClO2. The number of benzene rings is 1. The lowest BCUT2D eigenvalue weighted by Crippen LogP contribution is -2.45. The minimum Gasteiger partial charge on any atom is -0.390 e. The highest BCUT2D eigenvalue weighted by molar-refractivity contribution is 6.30. The van der Waals surface area contributed by atoms with E-state index in [9.17, 15) is 5.11 Å². The molecule has 1 N–H and O–H groups in total. The Balaban J connectivity index is 2.09. The number of hydrogen-bond acceptors (Lipinski definition) is 2. The van der Waals surface area contributed by atoms with Gasteiger partial charge in [-0.05, 0) is 30.5 Å². The zero-order valence-electron chi connectivity index (χ0n) is 11.6. The lowest BCUT2D eigenvalue weighted by atomic mass is 9.85. The van der Waals surface area contributed by atoms with Crippen molar-refractivity contribution >= 4 is 11.6 Å². The molecule has 1 aliphatic rings. The van der Waals surface area contributed by atoms with Gasteiger partial charge >= 0.3 is 0 Å². The Morgan fingerprint density at radius 2 is 1.95 bits per heavy atom. The first-order chi connectivity index (χ1) is 9.16. The highest BCUT2D eigenvalue weighted by Crippen LogP contribution is 2.34. The van der Waals surface area contributed by atoms with E-state index in [2.05, 4.69) is 0 Å². The van der Waals surface area contributed by atoms with Crippen LogP contribution in [0.4, 0.5) is 0 Å². The van der Waals surface area contributed by atoms with Gasteiger partial charge in [-0.25, -0.2) is 0 Å². The Kier molecular flexibility index (Phi) is 5.26. The third-order valence-electron chi connectivity index (χ3n) is 4.28. The van der Waals surface area contributed by atoms with Crippen molar-refractivity contribution in [3.05, 3.63) is 34.9 Å². The zero-order chi connectivity index (χ0) is 13.7. The third-order valence-corrected chi connectivity index (χ3v) is 4.52. The molecule has 0 spiro atoms. The highest BCUT2D eigenvalue weighted by Gasteiger charge is 2.38. The van der Waals surface area contributed by atoms with Crippen LogP contribution in [0, 0.1) is 0 Å². The second kappa shape index (κ2) is 6.74. The van der Waals surface area contributed by atoms with Crippen LogP contribution >= 0.6 is 11.6 Å². The minimum atomic E-state index is -0.464. The highest BCUT2D eigenvalue weighted by atomic mass is 35.5. The summed E-state index contributed by atoms with van der Waals surface area (Å²) in [6, 6.07) is 7.71. The van der Waals surface area contributed by atoms with E-state index in [1.165, 1.54) is 12.8 Å². The zero-order valence-corrected chi connectivity index (χ0v) is 12.3. The molecule has 0 radical (unpaired) electrons. The predicted octanol–water partition coefficient (Wildman–Crippen LogP) is 3.98. The van der Waals surface area contributed by atoms with Crippen molar-refractivity contribution in [2.24, 2.45) is 0 Å². The molecule has 0 amide bonds. The van der Waals surface area contributed by atoms with Crippen LogP contribution in [-0.4, -0.2) is 23.9 Å². The number of methoxy groups -OCH3 is 1. The molecule has 19 heavy (non-hydrogen) atoms. The Labute approximate surface area is 120 Å². The quantitative estimate of drug-likeness (QED) is 0.847. The van der Waals surface area contributed by atoms with Crippen LogP contribution in [0.2, 0.25) is 5.02 Å². The number of halogens is 1. The van der Waals surface area contributed by atoms with Gasteiger partial charge in [-0.1, -0.05) is 49.4 Å². The summed E-state index contributed by atoms with van der Waals surface area (Å²) >= 11 is 6.00. The third kappa shape index (κ3) is 3.71. The molecule has 1 fully saturated rings. The summed E-state index contributed by atoms with van der Waals surface area (Å²) < 4.78 is 5.74. The van der Waals surface area contributed by atoms with Crippen LogP contribution in [0.3, 0.4) is 0 Å². The fraction of sp³-hybridized carbons (Fsp3) is 0.625. The predicted molar refractivity (Wildman–Crippen MR) is 78.6 cm³/mol. The van der Waals surface area contributed by atoms with E-state index in [4.69, 9.17) is 16.3 Å². The van der Waals surface area contributed by atoms with Gasteiger partial charge < -0.3 is 9.84 Å². The summed E-state index contributed by atoms with van der Waals surface area (Å²) in [6.45, 7) is 0. The second-order valence-corrected chi connectivity index (χ2v) is 5.97. The van der Waals surface area contributed by atoms with Crippen molar-refractivity contribution in [2.75, 3.05) is 7.11 Å². The molecule has 3 heteroatoms. The monoisotopic (exact) mass is 282 g/mol. The maximum absolute atomic E-state index is 10.6. The van der Waals surface area contributed by atoms with Crippen LogP contribution in [-0.2, 0) is 11.2 Å². The van der Waals surface area contributed by atoms with E-state index in [0.29, 0.717) is 6.42 Å². The van der Waals surface area contributed by atoms with E-state index in [1.54, 1.807) is 7.11 Å². The standard InChI is InChI=1S/C16H23ClO2/c1-19-16(9-4-2-3-5-10-16)15(18)12-13-7-6-8-14(17)11-13/h6-8,11,15,18H,2-5,9-10,12H2,1H3. The average molecular weight is 283 g/mol. The van der Waals surface area contributed by atoms with Crippen LogP contribution in [0.15, 0.2) is 24.3 Å². The molecule has 0 heterocycles. The molecule has 1 atom stereocenters. The van der Waals surface area contributed by atoms with E-state index >= 15 is 0 Å². The van der Waals surface area contributed by atoms with Crippen LogP contribution < -0.4 is 0 Å². The summed E-state index contributed by atoms with van der Waals surface area (Å²) in [6.07, 6.45) is 6.81. The Hall–Kier alpha value is -0.570. The summed E-state index contributed by atoms with van der Waals surface area (Å²) in [5.41, 5.74) is 0.694. The number of aliphatic hydroxyl groups is 1. The van der Waals surface area contributed by atoms with Crippen molar-refractivity contribution in [3.8, 4) is 0 Å². The number of ether oxygens (including phenoxy) is 1. The van der Waals surface area contributed by atoms with Gasteiger partial charge in [-0.2, -0.15) is 0 Å². The van der Waals surface area contributed by atoms with Crippen molar-refractivity contribution in [1.82, 2.24) is 0 Å². The molecule has 0 bridgehead atoms. The topological polar surface area (TPSA) is 29.5 Å². The first-order valence-corrected chi connectivity index (χ1v) is 7.52. The molecule has 1 aromatic rings. The van der Waals surface area contributed by atoms with E-state index < -0.39 is 6.10 Å². The molecule has 0 aliphatic heterocycles. The smallest absolute Gasteiger partial charge is 0.0939 e. The van der Waals surface area contributed by atoms with Gasteiger partial charge in [0.05, 0.1) is 11.7 Å². The van der Waals surface area contributed by atoms with Gasteiger partial charge in [0.25, 0.3) is 0 Å². The van der Waals surface area contributed by atoms with Gasteiger partial charge in [0.1, 0.15) is 0 Å². The molecule has 0 saturated heterocycles. The largest absolute Gasteiger partial charge is 0.390 e. The fourth-order valence-electron chi connectivity index (χ4n) is 3.07. The maximum atomic E-state index is 10.6. The van der Waals surface area contributed by atoms with Gasteiger partial charge in [0, 0.05) is 18.6 Å². The molecule has 1 saturated carbocycles. The van der Waals surface area contributed by atoms with E-state index in [1.807, 2.05) is 24.3 Å². The van der Waals surface area contributed by atoms with Gasteiger partial charge in [0.15, 0.2) is 0 Å². The molecule has 1 aliphatic carbocycles. The first-order valence-electron chi connectivity index (χ1n) is 7.14. The van der Waals surface area contributed by atoms with Gasteiger partial charge in [0.2, 0.25) is 0 Å². The van der Waals surface area contributed by atoms with Gasteiger partial charge in [-0.3, -0.25) is 0 Å². The molecule has 1 unspecified atom stereocenters. The summed E-state index contributed by atoms with van der Waals surface area (Å²) in [5, 5.41) is 11.3. The SMILES string of the molecule is COC1(C(O)Cc2cccc(Cl)c2)CCCCCC1. The van der Waals surface area contributed by atoms with Crippen LogP contribution in [0.5, 0.6) is 0 Å². The number of hydrogen-bond donors (Lipinski definition) is 1. The molecule has 0 aromatic heterocycles. The Morgan fingerprint density at radius 1 is 1.26 bits per heavy atom. The van der Waals surface area contributed by atoms with E-state index in [-0.39, 0.29) is 5.60 Å². The Bertz CT molecular complexity index is 397. The second-order valence-electron chi connectivity index (χ2n) is 5.53. The molecular weight excluding hydrogens is 260 g/mol. The summed E-state index contributed by atoms with van der Waals surface area (Å²) in [7, 11) is 1.73. The normalized spacial score (nSPS) is 20.8. The minimum absolute atomic E-state index is 0.376. The van der Waals surface area contributed by atoms with Crippen molar-refractivity contribution in [3.63, 3.8) is 0 Å². The van der Waals surface area contributed by atoms with Crippen molar-refractivity contribution < 1.29 is 9.84 Å². The van der Waals surface area contributed by atoms with Crippen molar-refractivity contribution in [2.45, 2.75) is 56.7 Å². The number of rotatable bonds is 4. The summed E-state index contributed by atoms with van der Waals surface area (Å²) in [5.74, 6) is 0. The molecule has 2 nitrogen and oxygen atoms in total. The maximum Gasteiger partial charge on any atom is 0.0939 e. The van der Waals surface area contributed by atoms with Gasteiger partial charge in [-0.15, -0.1) is 0 Å². The lowest BCUT2D eigenvalue weighted by Gasteiger charge is -2.36. The van der Waals surface area contributed by atoms with Crippen LogP contribution in [0.25, 0.3) is 0 Å². The summed E-state index contributed by atoms with van der Waals surface area (Å²) in [4.78, 5) is 0. The lowest BCUT2D eigenvalue weighted by molar-refractivity contribution is -0.111. The van der Waals surface area contributed by atoms with Crippen LogP contribution in [0.1, 0.15) is 44.1 Å². The fourth-order valence-corrected chi connectivity index (χ4v) is 3.29. The molecule has 106 valence electrons. The van der Waals surface area contributed by atoms with Crippen molar-refractivity contribution in [1.29, 1.82) is 0 Å². The van der Waals surface area contributed by atoms with E-state index in [0.717, 1.165) is 36.3 Å². The average Bonchev–Trinajstić information content (AvgIpc) is 2.65. The Morgan fingerprint density at radius 3 is 2.53 bits per heavy atom. The first kappa shape index (κ1) is 14.8. The molecule has 2 rings (SSSR count). The number of aliphatic hydroxyl groups excluding tert-OH is 1.